The highest BCUT2D eigenvalue weighted by Gasteiger charge is 2.06. The Labute approximate surface area is 183 Å². The van der Waals surface area contributed by atoms with E-state index >= 15 is 0 Å². The molecule has 0 atom stereocenters. The molecule has 146 valence electrons. The quantitative estimate of drug-likeness (QED) is 0.362. The molecule has 0 heterocycles. The third-order valence-electron chi connectivity index (χ3n) is 3.85. The Morgan fingerprint density at radius 1 is 1.07 bits per heavy atom. The molecule has 0 saturated carbocycles. The number of likely N-dealkylation sites (N-methyl/N-ethyl adjacent to an activating group) is 1. The van der Waals surface area contributed by atoms with Crippen LogP contribution in [0.1, 0.15) is 16.7 Å². The van der Waals surface area contributed by atoms with E-state index in [0.717, 1.165) is 21.7 Å². The molecule has 1 amide bonds. The van der Waals surface area contributed by atoms with Crippen LogP contribution in [0.2, 0.25) is 5.02 Å². The third-order valence-corrected chi connectivity index (χ3v) is 4.27. The van der Waals surface area contributed by atoms with Crippen molar-refractivity contribution < 1.29 is 4.79 Å². The fraction of sp³-hybridized carbons (Fsp3) is 0.300. The lowest BCUT2D eigenvalue weighted by atomic mass is 10.1. The first-order valence-corrected chi connectivity index (χ1v) is 8.85. The van der Waals surface area contributed by atoms with Crippen LogP contribution in [0.25, 0.3) is 0 Å². The molecular formula is C20H26ClIN4O. The minimum absolute atomic E-state index is 0. The number of nitrogens with one attached hydrogen (secondary N) is 2. The predicted molar refractivity (Wildman–Crippen MR) is 123 cm³/mol. The number of hydrogen-bond donors (Lipinski definition) is 2. The van der Waals surface area contributed by atoms with Crippen LogP contribution in [0.15, 0.2) is 53.5 Å². The summed E-state index contributed by atoms with van der Waals surface area (Å²) >= 11 is 6.07. The van der Waals surface area contributed by atoms with E-state index in [9.17, 15) is 4.79 Å². The van der Waals surface area contributed by atoms with Crippen molar-refractivity contribution in [3.8, 4) is 0 Å². The monoisotopic (exact) mass is 500 g/mol. The van der Waals surface area contributed by atoms with E-state index in [1.54, 1.807) is 19.0 Å². The topological polar surface area (TPSA) is 56.7 Å². The van der Waals surface area contributed by atoms with E-state index in [0.29, 0.717) is 19.0 Å². The summed E-state index contributed by atoms with van der Waals surface area (Å²) in [6, 6.07) is 15.9. The Kier molecular flexibility index (Phi) is 10.2. The summed E-state index contributed by atoms with van der Waals surface area (Å²) in [5.41, 5.74) is 3.23. The number of hydrogen-bond acceptors (Lipinski definition) is 2. The van der Waals surface area contributed by atoms with E-state index < -0.39 is 0 Å². The van der Waals surface area contributed by atoms with Crippen LogP contribution in [-0.4, -0.2) is 37.4 Å². The summed E-state index contributed by atoms with van der Waals surface area (Å²) in [6.07, 6.45) is 0. The largest absolute Gasteiger partial charge is 0.352 e. The minimum atomic E-state index is -0.0125. The number of aliphatic imine (C=N–C) groups is 1. The molecule has 2 aromatic rings. The molecule has 0 spiro atoms. The Balaban J connectivity index is 0.00000364. The number of halogens is 2. The van der Waals surface area contributed by atoms with Gasteiger partial charge < -0.3 is 15.5 Å². The van der Waals surface area contributed by atoms with Gasteiger partial charge in [0.2, 0.25) is 5.91 Å². The number of benzene rings is 2. The molecule has 0 radical (unpaired) electrons. The van der Waals surface area contributed by atoms with Crippen molar-refractivity contribution in [1.82, 2.24) is 15.5 Å². The van der Waals surface area contributed by atoms with Crippen LogP contribution in [0, 0.1) is 6.92 Å². The lowest BCUT2D eigenvalue weighted by molar-refractivity contribution is -0.127. The molecule has 0 bridgehead atoms. The van der Waals surface area contributed by atoms with Crippen molar-refractivity contribution in [3.05, 3.63) is 70.2 Å². The zero-order valence-electron chi connectivity index (χ0n) is 15.8. The average Bonchev–Trinajstić information content (AvgIpc) is 2.64. The molecule has 0 aliphatic rings. The molecule has 0 aliphatic carbocycles. The Morgan fingerprint density at radius 3 is 2.41 bits per heavy atom. The number of aryl methyl sites for hydroxylation is 1. The maximum atomic E-state index is 11.8. The molecular weight excluding hydrogens is 475 g/mol. The first kappa shape index (κ1) is 23.2. The van der Waals surface area contributed by atoms with Crippen molar-refractivity contribution in [1.29, 1.82) is 0 Å². The lowest BCUT2D eigenvalue weighted by Gasteiger charge is -2.15. The van der Waals surface area contributed by atoms with Gasteiger partial charge in [0.1, 0.15) is 0 Å². The summed E-state index contributed by atoms with van der Waals surface area (Å²) in [7, 11) is 3.46. The minimum Gasteiger partial charge on any atom is -0.352 e. The van der Waals surface area contributed by atoms with Crippen molar-refractivity contribution in [2.75, 3.05) is 20.6 Å². The molecule has 0 fully saturated rings. The summed E-state index contributed by atoms with van der Waals surface area (Å²) in [5, 5.41) is 7.10. The summed E-state index contributed by atoms with van der Waals surface area (Å²) in [4.78, 5) is 18.0. The molecule has 5 nitrogen and oxygen atoms in total. The molecule has 2 aromatic carbocycles. The van der Waals surface area contributed by atoms with Crippen molar-refractivity contribution in [3.63, 3.8) is 0 Å². The van der Waals surface area contributed by atoms with Crippen LogP contribution in [0.5, 0.6) is 0 Å². The van der Waals surface area contributed by atoms with Crippen molar-refractivity contribution in [2.45, 2.75) is 20.0 Å². The van der Waals surface area contributed by atoms with Crippen molar-refractivity contribution in [2.24, 2.45) is 4.99 Å². The fourth-order valence-corrected chi connectivity index (χ4v) is 2.37. The zero-order valence-corrected chi connectivity index (χ0v) is 18.9. The van der Waals surface area contributed by atoms with Gasteiger partial charge in [0.25, 0.3) is 0 Å². The fourth-order valence-electron chi connectivity index (χ4n) is 2.25. The van der Waals surface area contributed by atoms with Gasteiger partial charge >= 0.3 is 0 Å². The molecule has 2 rings (SSSR count). The summed E-state index contributed by atoms with van der Waals surface area (Å²) in [5.74, 6) is 0.582. The van der Waals surface area contributed by atoms with E-state index in [-0.39, 0.29) is 36.4 Å². The van der Waals surface area contributed by atoms with Gasteiger partial charge in [-0.2, -0.15) is 0 Å². The molecule has 0 aliphatic heterocycles. The van der Waals surface area contributed by atoms with Crippen molar-refractivity contribution >= 4 is 47.4 Å². The van der Waals surface area contributed by atoms with Gasteiger partial charge in [0, 0.05) is 25.7 Å². The normalized spacial score (nSPS) is 10.7. The maximum Gasteiger partial charge on any atom is 0.241 e. The number of rotatable bonds is 6. The smallest absolute Gasteiger partial charge is 0.241 e. The number of nitrogens with zero attached hydrogens (tertiary/aromatic N) is 2. The molecule has 2 N–H and O–H groups in total. The average molecular weight is 501 g/mol. The van der Waals surface area contributed by atoms with E-state index in [4.69, 9.17) is 11.6 Å². The number of guanidine groups is 1. The Morgan fingerprint density at radius 2 is 1.78 bits per heavy atom. The van der Waals surface area contributed by atoms with Crippen LogP contribution >= 0.6 is 35.6 Å². The van der Waals surface area contributed by atoms with Gasteiger partial charge in [-0.05, 0) is 29.7 Å². The van der Waals surface area contributed by atoms with Gasteiger partial charge in [-0.3, -0.25) is 4.79 Å². The van der Waals surface area contributed by atoms with Gasteiger partial charge in [0.15, 0.2) is 5.96 Å². The number of carbonyl (C=O) groups is 1. The third kappa shape index (κ3) is 8.17. The second-order valence-electron chi connectivity index (χ2n) is 6.23. The zero-order chi connectivity index (χ0) is 18.9. The Hall–Kier alpha value is -1.80. The SMILES string of the molecule is Cc1cc(CN=C(NCC(=O)N(C)C)NCc2ccccc2)ccc1Cl.I. The van der Waals surface area contributed by atoms with E-state index in [1.807, 2.05) is 55.5 Å². The molecule has 7 heteroatoms. The standard InChI is InChI=1S/C20H25ClN4O.HI/c1-15-11-17(9-10-18(15)21)13-23-20(24-14-19(26)25(2)3)22-12-16-7-5-4-6-8-16;/h4-11H,12-14H2,1-3H3,(H2,22,23,24);1H. The van der Waals surface area contributed by atoms with Gasteiger partial charge in [-0.25, -0.2) is 4.99 Å². The Bertz CT molecular complexity index is 766. The molecule has 0 saturated heterocycles. The molecule has 27 heavy (non-hydrogen) atoms. The van der Waals surface area contributed by atoms with Crippen LogP contribution in [-0.2, 0) is 17.9 Å². The first-order valence-electron chi connectivity index (χ1n) is 8.47. The molecule has 0 aromatic heterocycles. The number of carbonyl (C=O) groups excluding carboxylic acids is 1. The predicted octanol–water partition coefficient (Wildman–Crippen LogP) is 3.59. The highest BCUT2D eigenvalue weighted by Crippen LogP contribution is 2.16. The first-order chi connectivity index (χ1) is 12.5. The van der Waals surface area contributed by atoms with E-state index in [1.165, 1.54) is 0 Å². The lowest BCUT2D eigenvalue weighted by Crippen LogP contribution is -2.42. The molecule has 0 unspecified atom stereocenters. The summed E-state index contributed by atoms with van der Waals surface area (Å²) in [6.45, 7) is 3.28. The summed E-state index contributed by atoms with van der Waals surface area (Å²) < 4.78 is 0. The van der Waals surface area contributed by atoms with Gasteiger partial charge in [-0.15, -0.1) is 24.0 Å². The maximum absolute atomic E-state index is 11.8. The van der Waals surface area contributed by atoms with E-state index in [2.05, 4.69) is 15.6 Å². The highest BCUT2D eigenvalue weighted by atomic mass is 127. The van der Waals surface area contributed by atoms with Crippen LogP contribution < -0.4 is 10.6 Å². The van der Waals surface area contributed by atoms with Crippen LogP contribution in [0.3, 0.4) is 0 Å². The second kappa shape index (κ2) is 11.8. The van der Waals surface area contributed by atoms with Crippen LogP contribution in [0.4, 0.5) is 0 Å². The second-order valence-corrected chi connectivity index (χ2v) is 6.64. The van der Waals surface area contributed by atoms with Gasteiger partial charge in [0.05, 0.1) is 13.1 Å². The highest BCUT2D eigenvalue weighted by molar-refractivity contribution is 14.0. The van der Waals surface area contributed by atoms with Gasteiger partial charge in [-0.1, -0.05) is 54.1 Å². The number of amides is 1.